The maximum Gasteiger partial charge on any atom is 0.300 e. The van der Waals surface area contributed by atoms with Gasteiger partial charge in [0.05, 0.1) is 38.8 Å². The van der Waals surface area contributed by atoms with Gasteiger partial charge < -0.3 is 14.9 Å². The van der Waals surface area contributed by atoms with Crippen molar-refractivity contribution in [3.05, 3.63) is 91.4 Å². The standard InChI is InChI=1S/C24H15Cl4NO5/c1-34-23-17(27)8-12(9-18(23)28)21(31)19-20(11-3-2-4-14(30)7-11)29(24(33)22(19)32)13-5-6-15(25)16(26)10-13/h2-10,20,30-31H,1H3/b21-19+. The topological polar surface area (TPSA) is 87.1 Å². The summed E-state index contributed by atoms with van der Waals surface area (Å²) in [7, 11) is 1.39. The number of aliphatic hydroxyl groups excluding tert-OH is 1. The van der Waals surface area contributed by atoms with Crippen LogP contribution in [0.25, 0.3) is 5.76 Å². The van der Waals surface area contributed by atoms with E-state index in [2.05, 4.69) is 0 Å². The molecule has 3 aromatic carbocycles. The third-order valence-electron chi connectivity index (χ3n) is 5.29. The number of carbonyl (C=O) groups excluding carboxylic acids is 2. The number of nitrogens with zero attached hydrogens (tertiary/aromatic N) is 1. The molecule has 34 heavy (non-hydrogen) atoms. The first-order chi connectivity index (χ1) is 16.1. The second-order valence-corrected chi connectivity index (χ2v) is 8.96. The summed E-state index contributed by atoms with van der Waals surface area (Å²) in [6.07, 6.45) is 0. The first kappa shape index (κ1) is 24.2. The molecule has 1 aliphatic heterocycles. The van der Waals surface area contributed by atoms with Crippen LogP contribution in [0.5, 0.6) is 11.5 Å². The number of aliphatic hydroxyl groups is 1. The van der Waals surface area contributed by atoms with Gasteiger partial charge in [-0.3, -0.25) is 14.5 Å². The Morgan fingerprint density at radius 1 is 0.912 bits per heavy atom. The van der Waals surface area contributed by atoms with Crippen LogP contribution < -0.4 is 9.64 Å². The largest absolute Gasteiger partial charge is 0.508 e. The fraction of sp³-hybridized carbons (Fsp3) is 0.0833. The van der Waals surface area contributed by atoms with Gasteiger partial charge in [0, 0.05) is 11.3 Å². The summed E-state index contributed by atoms with van der Waals surface area (Å²) in [5, 5.41) is 21.9. The molecule has 1 amide bonds. The Labute approximate surface area is 214 Å². The molecule has 4 rings (SSSR count). The molecular formula is C24H15Cl4NO5. The quantitative estimate of drug-likeness (QED) is 0.221. The first-order valence-electron chi connectivity index (χ1n) is 9.72. The molecule has 3 aromatic rings. The van der Waals surface area contributed by atoms with Crippen LogP contribution in [-0.2, 0) is 9.59 Å². The van der Waals surface area contributed by atoms with E-state index in [4.69, 9.17) is 51.1 Å². The van der Waals surface area contributed by atoms with Crippen molar-refractivity contribution >= 4 is 69.5 Å². The van der Waals surface area contributed by atoms with Gasteiger partial charge in [-0.05, 0) is 48.0 Å². The van der Waals surface area contributed by atoms with Crippen LogP contribution in [-0.4, -0.2) is 29.0 Å². The molecule has 1 heterocycles. The van der Waals surface area contributed by atoms with Crippen molar-refractivity contribution in [3.63, 3.8) is 0 Å². The van der Waals surface area contributed by atoms with Crippen LogP contribution in [0.2, 0.25) is 20.1 Å². The number of ketones is 1. The smallest absolute Gasteiger partial charge is 0.300 e. The van der Waals surface area contributed by atoms with Gasteiger partial charge in [-0.15, -0.1) is 0 Å². The van der Waals surface area contributed by atoms with Crippen molar-refractivity contribution in [1.82, 2.24) is 0 Å². The molecule has 1 fully saturated rings. The summed E-state index contributed by atoms with van der Waals surface area (Å²) in [5.74, 6) is -2.24. The highest BCUT2D eigenvalue weighted by Gasteiger charge is 2.47. The first-order valence-corrected chi connectivity index (χ1v) is 11.2. The maximum absolute atomic E-state index is 13.2. The van der Waals surface area contributed by atoms with Crippen LogP contribution in [0.4, 0.5) is 5.69 Å². The van der Waals surface area contributed by atoms with E-state index in [1.807, 2.05) is 0 Å². The van der Waals surface area contributed by atoms with Gasteiger partial charge in [-0.25, -0.2) is 0 Å². The molecule has 6 nitrogen and oxygen atoms in total. The average Bonchev–Trinajstić information content (AvgIpc) is 3.05. The zero-order valence-electron chi connectivity index (χ0n) is 17.4. The number of carbonyl (C=O) groups is 2. The van der Waals surface area contributed by atoms with E-state index < -0.39 is 23.5 Å². The molecule has 1 atom stereocenters. The lowest BCUT2D eigenvalue weighted by atomic mass is 9.95. The number of Topliss-reactive ketones (excluding diaryl/α,β-unsaturated/α-hetero) is 1. The lowest BCUT2D eigenvalue weighted by Gasteiger charge is -2.26. The molecule has 1 unspecified atom stereocenters. The van der Waals surface area contributed by atoms with Gasteiger partial charge >= 0.3 is 0 Å². The Balaban J connectivity index is 1.98. The van der Waals surface area contributed by atoms with Crippen LogP contribution in [0.15, 0.2) is 60.2 Å². The highest BCUT2D eigenvalue weighted by molar-refractivity contribution is 6.52. The number of hydrogen-bond donors (Lipinski definition) is 2. The fourth-order valence-electron chi connectivity index (χ4n) is 3.79. The van der Waals surface area contributed by atoms with Crippen LogP contribution >= 0.6 is 46.4 Å². The van der Waals surface area contributed by atoms with E-state index in [1.54, 1.807) is 12.1 Å². The number of anilines is 1. The summed E-state index contributed by atoms with van der Waals surface area (Å²) >= 11 is 24.6. The molecule has 0 radical (unpaired) electrons. The predicted octanol–water partition coefficient (Wildman–Crippen LogP) is 6.64. The van der Waals surface area contributed by atoms with Crippen molar-refractivity contribution in [2.75, 3.05) is 12.0 Å². The molecular weight excluding hydrogens is 524 g/mol. The number of hydrogen-bond acceptors (Lipinski definition) is 5. The second-order valence-electron chi connectivity index (χ2n) is 7.34. The van der Waals surface area contributed by atoms with Gasteiger partial charge in [-0.1, -0.05) is 58.5 Å². The molecule has 0 aliphatic carbocycles. The predicted molar refractivity (Wildman–Crippen MR) is 132 cm³/mol. The lowest BCUT2D eigenvalue weighted by molar-refractivity contribution is -0.132. The fourth-order valence-corrected chi connectivity index (χ4v) is 4.72. The minimum Gasteiger partial charge on any atom is -0.508 e. The van der Waals surface area contributed by atoms with Crippen molar-refractivity contribution in [3.8, 4) is 11.5 Å². The Bertz CT molecular complexity index is 1350. The third-order valence-corrected chi connectivity index (χ3v) is 6.59. The molecule has 2 N–H and O–H groups in total. The molecule has 0 saturated carbocycles. The van der Waals surface area contributed by atoms with Gasteiger partial charge in [0.2, 0.25) is 0 Å². The van der Waals surface area contributed by atoms with E-state index in [0.717, 1.165) is 0 Å². The molecule has 0 aromatic heterocycles. The monoisotopic (exact) mass is 537 g/mol. The molecule has 1 aliphatic rings. The molecule has 0 bridgehead atoms. The summed E-state index contributed by atoms with van der Waals surface area (Å²) in [6, 6.07) is 12.1. The number of methoxy groups -OCH3 is 1. The third kappa shape index (κ3) is 4.18. The van der Waals surface area contributed by atoms with Gasteiger partial charge in [0.25, 0.3) is 11.7 Å². The number of benzene rings is 3. The number of aromatic hydroxyl groups is 1. The van der Waals surface area contributed by atoms with Gasteiger partial charge in [0.1, 0.15) is 11.5 Å². The summed E-state index contributed by atoms with van der Waals surface area (Å²) in [5.41, 5.74) is 0.527. The number of phenols is 1. The van der Waals surface area contributed by atoms with E-state index in [9.17, 15) is 19.8 Å². The molecule has 0 spiro atoms. The van der Waals surface area contributed by atoms with E-state index in [1.165, 1.54) is 54.5 Å². The Hall–Kier alpha value is -2.90. The van der Waals surface area contributed by atoms with Crippen molar-refractivity contribution < 1.29 is 24.5 Å². The molecule has 10 heteroatoms. The number of amides is 1. The summed E-state index contributed by atoms with van der Waals surface area (Å²) in [4.78, 5) is 27.5. The normalized spacial score (nSPS) is 17.3. The van der Waals surface area contributed by atoms with Crippen molar-refractivity contribution in [2.45, 2.75) is 6.04 Å². The lowest BCUT2D eigenvalue weighted by Crippen LogP contribution is -2.29. The number of halogens is 4. The molecule has 1 saturated heterocycles. The van der Waals surface area contributed by atoms with Gasteiger partial charge in [0.15, 0.2) is 5.75 Å². The Morgan fingerprint density at radius 2 is 1.59 bits per heavy atom. The number of phenolic OH excluding ortho intramolecular Hbond substituents is 1. The van der Waals surface area contributed by atoms with Crippen molar-refractivity contribution in [1.29, 1.82) is 0 Å². The van der Waals surface area contributed by atoms with Crippen LogP contribution in [0.1, 0.15) is 17.2 Å². The highest BCUT2D eigenvalue weighted by atomic mass is 35.5. The highest BCUT2D eigenvalue weighted by Crippen LogP contribution is 2.45. The van der Waals surface area contributed by atoms with Crippen LogP contribution in [0, 0.1) is 0 Å². The van der Waals surface area contributed by atoms with E-state index >= 15 is 0 Å². The van der Waals surface area contributed by atoms with Gasteiger partial charge in [-0.2, -0.15) is 0 Å². The summed E-state index contributed by atoms with van der Waals surface area (Å²) in [6.45, 7) is 0. The number of rotatable bonds is 4. The SMILES string of the molecule is COc1c(Cl)cc(/C(O)=C2\C(=O)C(=O)N(c3ccc(Cl)c(Cl)c3)C2c2cccc(O)c2)cc1Cl. The minimum atomic E-state index is -1.09. The number of ether oxygens (including phenoxy) is 1. The average molecular weight is 539 g/mol. The summed E-state index contributed by atoms with van der Waals surface area (Å²) < 4.78 is 5.13. The van der Waals surface area contributed by atoms with E-state index in [-0.39, 0.29) is 48.4 Å². The zero-order chi connectivity index (χ0) is 24.7. The second kappa shape index (κ2) is 9.39. The maximum atomic E-state index is 13.2. The minimum absolute atomic E-state index is 0.0900. The van der Waals surface area contributed by atoms with E-state index in [0.29, 0.717) is 5.56 Å². The van der Waals surface area contributed by atoms with Crippen LogP contribution in [0.3, 0.4) is 0 Å². The Morgan fingerprint density at radius 3 is 2.18 bits per heavy atom. The zero-order valence-corrected chi connectivity index (χ0v) is 20.4. The Kier molecular flexibility index (Phi) is 6.69. The molecule has 174 valence electrons. The van der Waals surface area contributed by atoms with Crippen molar-refractivity contribution in [2.24, 2.45) is 0 Å².